The number of hydrogen-bond acceptors (Lipinski definition) is 0. The SMILES string of the molecule is CC1=CC2(c3cccc(-c4ccc5c(c4)Cc4ccccc4-c4ccccc4-5)c3)CC2C=C1. The minimum atomic E-state index is 0.221. The van der Waals surface area contributed by atoms with Gasteiger partial charge in [-0.3, -0.25) is 0 Å². The second-order valence-corrected chi connectivity index (χ2v) is 9.93. The third-order valence-corrected chi connectivity index (χ3v) is 7.88. The Morgan fingerprint density at radius 3 is 2.24 bits per heavy atom. The number of fused-ring (bicyclic) bond motifs is 6. The Hall–Kier alpha value is -3.64. The minimum Gasteiger partial charge on any atom is -0.0799 e. The van der Waals surface area contributed by atoms with Crippen molar-refractivity contribution in [1.29, 1.82) is 0 Å². The van der Waals surface area contributed by atoms with Crippen molar-refractivity contribution in [3.05, 3.63) is 131 Å². The monoisotopic (exact) mass is 422 g/mol. The van der Waals surface area contributed by atoms with Gasteiger partial charge in [-0.15, -0.1) is 0 Å². The van der Waals surface area contributed by atoms with E-state index in [-0.39, 0.29) is 5.41 Å². The van der Waals surface area contributed by atoms with Crippen LogP contribution in [0, 0.1) is 5.92 Å². The summed E-state index contributed by atoms with van der Waals surface area (Å²) in [6, 6.07) is 34.1. The fourth-order valence-electron chi connectivity index (χ4n) is 6.11. The van der Waals surface area contributed by atoms with Gasteiger partial charge in [0.15, 0.2) is 0 Å². The van der Waals surface area contributed by atoms with Crippen molar-refractivity contribution in [2.75, 3.05) is 0 Å². The zero-order valence-corrected chi connectivity index (χ0v) is 18.9. The summed E-state index contributed by atoms with van der Waals surface area (Å²) in [6.07, 6.45) is 9.37. The van der Waals surface area contributed by atoms with Gasteiger partial charge in [0.25, 0.3) is 0 Å². The molecule has 0 radical (unpaired) electrons. The fraction of sp³-hybridized carbons (Fsp3) is 0.152. The highest BCUT2D eigenvalue weighted by Crippen LogP contribution is 2.58. The van der Waals surface area contributed by atoms with Crippen LogP contribution in [-0.4, -0.2) is 0 Å². The van der Waals surface area contributed by atoms with E-state index in [9.17, 15) is 0 Å². The maximum atomic E-state index is 2.49. The van der Waals surface area contributed by atoms with Crippen molar-refractivity contribution in [3.8, 4) is 33.4 Å². The van der Waals surface area contributed by atoms with Crippen molar-refractivity contribution in [2.24, 2.45) is 5.92 Å². The van der Waals surface area contributed by atoms with Crippen LogP contribution >= 0.6 is 0 Å². The van der Waals surface area contributed by atoms with Crippen molar-refractivity contribution >= 4 is 0 Å². The molecule has 2 unspecified atom stereocenters. The van der Waals surface area contributed by atoms with E-state index in [2.05, 4.69) is 116 Å². The molecule has 33 heavy (non-hydrogen) atoms. The van der Waals surface area contributed by atoms with Gasteiger partial charge in [0.05, 0.1) is 0 Å². The average molecular weight is 423 g/mol. The second kappa shape index (κ2) is 6.93. The van der Waals surface area contributed by atoms with Crippen LogP contribution in [0.25, 0.3) is 33.4 Å². The number of hydrogen-bond donors (Lipinski definition) is 0. The molecule has 1 fully saturated rings. The topological polar surface area (TPSA) is 0 Å². The molecule has 0 aliphatic heterocycles. The van der Waals surface area contributed by atoms with Crippen LogP contribution in [0.5, 0.6) is 0 Å². The van der Waals surface area contributed by atoms with Gasteiger partial charge in [-0.1, -0.05) is 115 Å². The summed E-state index contributed by atoms with van der Waals surface area (Å²) in [7, 11) is 0. The molecule has 158 valence electrons. The van der Waals surface area contributed by atoms with Gasteiger partial charge in [0.2, 0.25) is 0 Å². The fourth-order valence-corrected chi connectivity index (χ4v) is 6.11. The zero-order chi connectivity index (χ0) is 22.0. The molecule has 0 N–H and O–H groups in total. The minimum absolute atomic E-state index is 0.221. The zero-order valence-electron chi connectivity index (χ0n) is 18.9. The summed E-state index contributed by atoms with van der Waals surface area (Å²) in [5.74, 6) is 0.663. The predicted octanol–water partition coefficient (Wildman–Crippen LogP) is 8.37. The normalized spacial score (nSPS) is 21.7. The second-order valence-electron chi connectivity index (χ2n) is 9.93. The number of allylic oxidation sites excluding steroid dienone is 4. The lowest BCUT2D eigenvalue weighted by atomic mass is 9.86. The summed E-state index contributed by atoms with van der Waals surface area (Å²) in [4.78, 5) is 0. The Morgan fingerprint density at radius 2 is 1.39 bits per heavy atom. The first-order chi connectivity index (χ1) is 16.2. The molecule has 4 aromatic rings. The van der Waals surface area contributed by atoms with Gasteiger partial charge in [-0.2, -0.15) is 0 Å². The quantitative estimate of drug-likeness (QED) is 0.268. The van der Waals surface area contributed by atoms with Gasteiger partial charge >= 0.3 is 0 Å². The standard InChI is InChI=1S/C33H26/c1-22-13-15-28-21-33(28,20-22)27-9-6-8-23(19-27)24-14-16-30-26(17-24)18-25-7-2-3-10-29(25)31-11-4-5-12-32(30)31/h2-17,19-20,28H,18,21H2,1H3. The molecule has 0 amide bonds. The highest BCUT2D eigenvalue weighted by atomic mass is 14.6. The van der Waals surface area contributed by atoms with Crippen molar-refractivity contribution in [2.45, 2.75) is 25.2 Å². The van der Waals surface area contributed by atoms with Crippen molar-refractivity contribution < 1.29 is 0 Å². The van der Waals surface area contributed by atoms with E-state index in [1.165, 1.54) is 62.1 Å². The average Bonchev–Trinajstić information content (AvgIpc) is 3.61. The Bertz CT molecular complexity index is 1480. The van der Waals surface area contributed by atoms with E-state index in [0.717, 1.165) is 6.42 Å². The smallest absolute Gasteiger partial charge is 0.0207 e. The lowest BCUT2D eigenvalue weighted by Gasteiger charge is -2.18. The predicted molar refractivity (Wildman–Crippen MR) is 138 cm³/mol. The highest BCUT2D eigenvalue weighted by Gasteiger charge is 2.53. The molecule has 0 saturated heterocycles. The first kappa shape index (κ1) is 18.9. The molecule has 1 saturated carbocycles. The van der Waals surface area contributed by atoms with Crippen molar-refractivity contribution in [1.82, 2.24) is 0 Å². The molecule has 0 spiro atoms. The van der Waals surface area contributed by atoms with Gasteiger partial charge in [-0.25, -0.2) is 0 Å². The number of benzene rings is 4. The molecule has 7 rings (SSSR count). The molecular weight excluding hydrogens is 396 g/mol. The van der Waals surface area contributed by atoms with Crippen molar-refractivity contribution in [3.63, 3.8) is 0 Å². The van der Waals surface area contributed by atoms with Gasteiger partial charge in [0, 0.05) is 5.41 Å². The molecule has 3 aliphatic rings. The summed E-state index contributed by atoms with van der Waals surface area (Å²) < 4.78 is 0. The molecule has 3 aliphatic carbocycles. The van der Waals surface area contributed by atoms with E-state index in [1.54, 1.807) is 0 Å². The van der Waals surface area contributed by atoms with Crippen LogP contribution in [0.3, 0.4) is 0 Å². The van der Waals surface area contributed by atoms with Crippen LogP contribution in [0.15, 0.2) is 115 Å². The molecule has 0 heteroatoms. The van der Waals surface area contributed by atoms with Crippen LogP contribution in [0.1, 0.15) is 30.0 Å². The lowest BCUT2D eigenvalue weighted by Crippen LogP contribution is -2.09. The first-order valence-corrected chi connectivity index (χ1v) is 12.0. The van der Waals surface area contributed by atoms with Gasteiger partial charge < -0.3 is 0 Å². The molecule has 0 bridgehead atoms. The number of rotatable bonds is 2. The van der Waals surface area contributed by atoms with Crippen LogP contribution in [0.4, 0.5) is 0 Å². The van der Waals surface area contributed by atoms with Gasteiger partial charge in [0.1, 0.15) is 0 Å². The van der Waals surface area contributed by atoms with Gasteiger partial charge in [-0.05, 0) is 75.8 Å². The van der Waals surface area contributed by atoms with E-state index in [1.807, 2.05) is 0 Å². The molecular formula is C33H26. The van der Waals surface area contributed by atoms with E-state index in [4.69, 9.17) is 0 Å². The molecule has 0 heterocycles. The Labute approximate surface area is 195 Å². The van der Waals surface area contributed by atoms with E-state index >= 15 is 0 Å². The summed E-state index contributed by atoms with van der Waals surface area (Å²) in [5.41, 5.74) is 13.9. The maximum absolute atomic E-state index is 2.49. The van der Waals surface area contributed by atoms with E-state index in [0.29, 0.717) is 5.92 Å². The largest absolute Gasteiger partial charge is 0.0799 e. The molecule has 0 aromatic heterocycles. The van der Waals surface area contributed by atoms with Crippen LogP contribution < -0.4 is 0 Å². The molecule has 2 atom stereocenters. The van der Waals surface area contributed by atoms with E-state index < -0.39 is 0 Å². The Morgan fingerprint density at radius 1 is 0.667 bits per heavy atom. The summed E-state index contributed by atoms with van der Waals surface area (Å²) in [6.45, 7) is 2.22. The first-order valence-electron chi connectivity index (χ1n) is 12.0. The summed E-state index contributed by atoms with van der Waals surface area (Å²) in [5, 5.41) is 0. The highest BCUT2D eigenvalue weighted by molar-refractivity contribution is 5.89. The third kappa shape index (κ3) is 2.91. The molecule has 4 aromatic carbocycles. The molecule has 0 nitrogen and oxygen atoms in total. The van der Waals surface area contributed by atoms with Crippen LogP contribution in [-0.2, 0) is 11.8 Å². The van der Waals surface area contributed by atoms with Crippen LogP contribution in [0.2, 0.25) is 0 Å². The summed E-state index contributed by atoms with van der Waals surface area (Å²) >= 11 is 0. The Balaban J connectivity index is 1.35. The lowest BCUT2D eigenvalue weighted by molar-refractivity contribution is 0.808. The maximum Gasteiger partial charge on any atom is 0.0207 e. The third-order valence-electron chi connectivity index (χ3n) is 7.88. The Kier molecular flexibility index (Phi) is 3.96.